The van der Waals surface area contributed by atoms with Crippen LogP contribution in [-0.2, 0) is 34.2 Å². The summed E-state index contributed by atoms with van der Waals surface area (Å²) in [7, 11) is -3.67. The van der Waals surface area contributed by atoms with Crippen LogP contribution in [-0.4, -0.2) is 38.9 Å². The first-order valence-corrected chi connectivity index (χ1v) is 15.7. The van der Waals surface area contributed by atoms with Gasteiger partial charge in [-0.05, 0) is 71.1 Å². The highest BCUT2D eigenvalue weighted by atomic mass is 35.5. The van der Waals surface area contributed by atoms with E-state index in [0.29, 0.717) is 36.9 Å². The van der Waals surface area contributed by atoms with Gasteiger partial charge in [0.1, 0.15) is 5.75 Å². The van der Waals surface area contributed by atoms with E-state index in [2.05, 4.69) is 16.7 Å². The van der Waals surface area contributed by atoms with Crippen molar-refractivity contribution < 1.29 is 17.9 Å². The van der Waals surface area contributed by atoms with Gasteiger partial charge in [-0.3, -0.25) is 4.79 Å². The molecule has 0 atom stereocenters. The van der Waals surface area contributed by atoms with E-state index in [1.807, 2.05) is 47.5 Å². The average Bonchev–Trinajstić information content (AvgIpc) is 3.36. The Labute approximate surface area is 245 Å². The number of sulfonamides is 1. The molecule has 208 valence electrons. The largest absolute Gasteiger partial charge is 0.493 e. The molecule has 1 amide bonds. The van der Waals surface area contributed by atoms with Crippen LogP contribution in [0.1, 0.15) is 30.0 Å². The second kappa shape index (κ2) is 13.8. The van der Waals surface area contributed by atoms with Gasteiger partial charge in [0.25, 0.3) is 0 Å². The number of hydrogen-bond acceptors (Lipinski definition) is 5. The molecule has 1 N–H and O–H groups in total. The molecule has 0 radical (unpaired) electrons. The summed E-state index contributed by atoms with van der Waals surface area (Å²) in [5.74, 6) is 2.96. The van der Waals surface area contributed by atoms with Gasteiger partial charge in [-0.1, -0.05) is 54.8 Å². The number of nitrogens with zero attached hydrogens (tertiary/aromatic N) is 1. The maximum Gasteiger partial charge on any atom is 0.241 e. The molecule has 0 fully saturated rings. The molecule has 0 saturated carbocycles. The number of rotatable bonds is 13. The van der Waals surface area contributed by atoms with E-state index in [1.54, 1.807) is 41.7 Å². The lowest BCUT2D eigenvalue weighted by atomic mass is 10.1. The van der Waals surface area contributed by atoms with Crippen LogP contribution >= 0.6 is 22.9 Å². The highest BCUT2D eigenvalue weighted by Gasteiger charge is 2.19. The normalized spacial score (nSPS) is 11.3. The molecule has 4 rings (SSSR count). The SMILES string of the molecule is C#CCNS(=O)(=O)c1ccc(CCN(Cc2cc(Cl)ccc2OCCC)C(=O)Cc2csc3ccccc23)cc1. The van der Waals surface area contributed by atoms with Crippen LogP contribution in [0.15, 0.2) is 77.0 Å². The summed E-state index contributed by atoms with van der Waals surface area (Å²) in [5, 5.41) is 3.71. The number of thiophene rings is 1. The Balaban J connectivity index is 1.55. The molecular formula is C31H31ClN2O4S2. The summed E-state index contributed by atoms with van der Waals surface area (Å²) in [6, 6.07) is 20.2. The number of nitrogens with one attached hydrogen (secondary N) is 1. The Morgan fingerprint density at radius 1 is 1.10 bits per heavy atom. The van der Waals surface area contributed by atoms with Crippen molar-refractivity contribution in [2.24, 2.45) is 0 Å². The number of amides is 1. The van der Waals surface area contributed by atoms with Crippen molar-refractivity contribution in [3.8, 4) is 18.1 Å². The Morgan fingerprint density at radius 2 is 1.88 bits per heavy atom. The number of hydrogen-bond donors (Lipinski definition) is 1. The highest BCUT2D eigenvalue weighted by molar-refractivity contribution is 7.89. The molecule has 0 aliphatic heterocycles. The van der Waals surface area contributed by atoms with Gasteiger partial charge in [0.2, 0.25) is 15.9 Å². The first-order chi connectivity index (χ1) is 19.3. The maximum atomic E-state index is 13.7. The van der Waals surface area contributed by atoms with Crippen molar-refractivity contribution >= 4 is 49.0 Å². The van der Waals surface area contributed by atoms with E-state index >= 15 is 0 Å². The van der Waals surface area contributed by atoms with Gasteiger partial charge in [0, 0.05) is 28.4 Å². The molecule has 3 aromatic carbocycles. The van der Waals surface area contributed by atoms with E-state index < -0.39 is 10.0 Å². The molecule has 40 heavy (non-hydrogen) atoms. The molecule has 0 spiro atoms. The summed E-state index contributed by atoms with van der Waals surface area (Å²) < 4.78 is 34.2. The van der Waals surface area contributed by atoms with Gasteiger partial charge in [-0.25, -0.2) is 8.42 Å². The van der Waals surface area contributed by atoms with Crippen LogP contribution in [0.25, 0.3) is 10.1 Å². The van der Waals surface area contributed by atoms with Crippen LogP contribution in [0.3, 0.4) is 0 Å². The fraction of sp³-hybridized carbons (Fsp3) is 0.258. The second-order valence-corrected chi connectivity index (χ2v) is 12.4. The Kier molecular flexibility index (Phi) is 10.2. The average molecular weight is 595 g/mol. The van der Waals surface area contributed by atoms with Gasteiger partial charge in [-0.15, -0.1) is 17.8 Å². The van der Waals surface area contributed by atoms with E-state index in [1.165, 1.54) is 0 Å². The third-order valence-corrected chi connectivity index (χ3v) is 9.03. The van der Waals surface area contributed by atoms with Crippen molar-refractivity contribution in [1.82, 2.24) is 9.62 Å². The minimum atomic E-state index is -3.67. The summed E-state index contributed by atoms with van der Waals surface area (Å²) in [6.45, 7) is 3.30. The zero-order valence-electron chi connectivity index (χ0n) is 22.2. The molecule has 0 bridgehead atoms. The Bertz CT molecular complexity index is 1610. The summed E-state index contributed by atoms with van der Waals surface area (Å²) in [6.07, 6.45) is 6.85. The van der Waals surface area contributed by atoms with Gasteiger partial charge in [0.15, 0.2) is 0 Å². The number of ether oxygens (including phenoxy) is 1. The van der Waals surface area contributed by atoms with Gasteiger partial charge in [-0.2, -0.15) is 4.72 Å². The van der Waals surface area contributed by atoms with Crippen LogP contribution < -0.4 is 9.46 Å². The number of fused-ring (bicyclic) bond motifs is 1. The predicted octanol–water partition coefficient (Wildman–Crippen LogP) is 6.07. The van der Waals surface area contributed by atoms with E-state index in [-0.39, 0.29) is 23.8 Å². The summed E-state index contributed by atoms with van der Waals surface area (Å²) in [5.41, 5.74) is 2.74. The molecule has 1 heterocycles. The van der Waals surface area contributed by atoms with Crippen LogP contribution in [0.4, 0.5) is 0 Å². The minimum absolute atomic E-state index is 0.0114. The molecule has 0 aliphatic rings. The zero-order valence-corrected chi connectivity index (χ0v) is 24.6. The smallest absolute Gasteiger partial charge is 0.241 e. The lowest BCUT2D eigenvalue weighted by Gasteiger charge is -2.24. The van der Waals surface area contributed by atoms with E-state index in [9.17, 15) is 13.2 Å². The van der Waals surface area contributed by atoms with Gasteiger partial charge in [0.05, 0.1) is 24.5 Å². The van der Waals surface area contributed by atoms with Crippen molar-refractivity contribution in [2.75, 3.05) is 19.7 Å². The Morgan fingerprint density at radius 3 is 2.62 bits per heavy atom. The molecular weight excluding hydrogens is 564 g/mol. The molecule has 4 aromatic rings. The first kappa shape index (κ1) is 29.6. The van der Waals surface area contributed by atoms with Crippen molar-refractivity contribution in [3.05, 3.63) is 93.8 Å². The standard InChI is InChI=1S/C31H31ClN2O4S2/c1-3-16-33-40(36,37)27-12-9-23(10-13-27)15-17-34(21-24-19-26(32)11-14-29(24)38-18-4-2)31(35)20-25-22-39-30-8-6-5-7-28(25)30/h1,5-14,19,22,33H,4,15-18,20-21H2,2H3. The van der Waals surface area contributed by atoms with Crippen molar-refractivity contribution in [3.63, 3.8) is 0 Å². The highest BCUT2D eigenvalue weighted by Crippen LogP contribution is 2.28. The quantitative estimate of drug-likeness (QED) is 0.191. The zero-order chi connectivity index (χ0) is 28.5. The molecule has 0 aliphatic carbocycles. The van der Waals surface area contributed by atoms with E-state index in [4.69, 9.17) is 22.8 Å². The van der Waals surface area contributed by atoms with Crippen LogP contribution in [0.5, 0.6) is 5.75 Å². The molecule has 0 unspecified atom stereocenters. The first-order valence-electron chi connectivity index (χ1n) is 13.0. The number of halogens is 1. The summed E-state index contributed by atoms with van der Waals surface area (Å²) in [4.78, 5) is 15.7. The fourth-order valence-corrected chi connectivity index (χ4v) is 6.38. The number of benzene rings is 3. The van der Waals surface area contributed by atoms with Crippen molar-refractivity contribution in [2.45, 2.75) is 37.6 Å². The number of carbonyl (C=O) groups is 1. The molecule has 0 saturated heterocycles. The lowest BCUT2D eigenvalue weighted by Crippen LogP contribution is -2.34. The van der Waals surface area contributed by atoms with Gasteiger partial charge >= 0.3 is 0 Å². The second-order valence-electron chi connectivity index (χ2n) is 9.27. The molecule has 1 aromatic heterocycles. The van der Waals surface area contributed by atoms with Crippen LogP contribution in [0, 0.1) is 12.3 Å². The predicted molar refractivity (Wildman–Crippen MR) is 162 cm³/mol. The topological polar surface area (TPSA) is 75.7 Å². The van der Waals surface area contributed by atoms with Gasteiger partial charge < -0.3 is 9.64 Å². The third kappa shape index (κ3) is 7.64. The number of terminal acetylenes is 1. The maximum absolute atomic E-state index is 13.7. The fourth-order valence-electron chi connectivity index (χ4n) is 4.29. The van der Waals surface area contributed by atoms with Crippen molar-refractivity contribution in [1.29, 1.82) is 0 Å². The van der Waals surface area contributed by atoms with E-state index in [0.717, 1.165) is 33.2 Å². The van der Waals surface area contributed by atoms with Crippen LogP contribution in [0.2, 0.25) is 5.02 Å². The lowest BCUT2D eigenvalue weighted by molar-refractivity contribution is -0.131. The third-order valence-electron chi connectivity index (χ3n) is 6.37. The monoisotopic (exact) mass is 594 g/mol. The Hall–Kier alpha value is -3.35. The molecule has 6 nitrogen and oxygen atoms in total. The molecule has 9 heteroatoms. The minimum Gasteiger partial charge on any atom is -0.493 e. The summed E-state index contributed by atoms with van der Waals surface area (Å²) >= 11 is 7.96. The number of carbonyl (C=O) groups excluding carboxylic acids is 1.